The molecule has 6 heterocycles. The van der Waals surface area contributed by atoms with Crippen LogP contribution < -0.4 is 4.57 Å². The topological polar surface area (TPSA) is 72.7 Å². The van der Waals surface area contributed by atoms with Gasteiger partial charge in [-0.05, 0) is 67.6 Å². The van der Waals surface area contributed by atoms with Crippen LogP contribution in [0.4, 0.5) is 0 Å². The standard InChI is InChI=1S/C29H24N7/c1-29(25-12-4-8-18-32-25,26-13-5-9-19-33-26)27-15-14-22-20-35(21-36(22)34-27)28(23-10-2-6-16-30-23)24-11-3-7-17-31-24/h2-21,28H,1H3/q+1. The first-order chi connectivity index (χ1) is 17.7. The van der Waals surface area contributed by atoms with Gasteiger partial charge in [-0.3, -0.25) is 19.9 Å². The fourth-order valence-corrected chi connectivity index (χ4v) is 4.61. The van der Waals surface area contributed by atoms with Crippen molar-refractivity contribution < 1.29 is 4.57 Å². The first-order valence-corrected chi connectivity index (χ1v) is 11.8. The van der Waals surface area contributed by atoms with Crippen molar-refractivity contribution in [3.8, 4) is 0 Å². The van der Waals surface area contributed by atoms with E-state index in [9.17, 15) is 0 Å². The lowest BCUT2D eigenvalue weighted by Gasteiger charge is -2.27. The normalized spacial score (nSPS) is 11.7. The van der Waals surface area contributed by atoms with Crippen LogP contribution in [0.5, 0.6) is 0 Å². The predicted molar refractivity (Wildman–Crippen MR) is 135 cm³/mol. The van der Waals surface area contributed by atoms with Gasteiger partial charge in [0.2, 0.25) is 0 Å². The molecule has 7 nitrogen and oxygen atoms in total. The minimum atomic E-state index is -0.632. The van der Waals surface area contributed by atoms with Gasteiger partial charge in [0.1, 0.15) is 11.9 Å². The third-order valence-electron chi connectivity index (χ3n) is 6.52. The average molecular weight is 471 g/mol. The van der Waals surface area contributed by atoms with Crippen LogP contribution in [0.3, 0.4) is 0 Å². The van der Waals surface area contributed by atoms with Crippen LogP contribution in [0.1, 0.15) is 41.4 Å². The highest BCUT2D eigenvalue weighted by molar-refractivity contribution is 5.46. The first-order valence-electron chi connectivity index (χ1n) is 11.8. The SMILES string of the molecule is CC(c1ccccn1)(c1ccccn1)c1ccc2c[n+](C(c3ccccn3)c3ccccn3)cn2n1. The van der Waals surface area contributed by atoms with E-state index in [1.165, 1.54) is 0 Å². The maximum Gasteiger partial charge on any atom is 0.271 e. The van der Waals surface area contributed by atoms with Crippen molar-refractivity contribution in [2.45, 2.75) is 18.4 Å². The average Bonchev–Trinajstić information content (AvgIpc) is 3.38. The molecule has 0 spiro atoms. The number of fused-ring (bicyclic) bond motifs is 1. The Hall–Kier alpha value is -4.78. The molecule has 0 unspecified atom stereocenters. The number of imidazole rings is 1. The van der Waals surface area contributed by atoms with Gasteiger partial charge < -0.3 is 0 Å². The van der Waals surface area contributed by atoms with Crippen molar-refractivity contribution in [3.63, 3.8) is 0 Å². The zero-order chi connectivity index (χ0) is 24.4. The summed E-state index contributed by atoms with van der Waals surface area (Å²) in [4.78, 5) is 18.6. The molecule has 0 saturated carbocycles. The lowest BCUT2D eigenvalue weighted by Crippen LogP contribution is -2.39. The summed E-state index contributed by atoms with van der Waals surface area (Å²) < 4.78 is 4.01. The summed E-state index contributed by atoms with van der Waals surface area (Å²) in [5, 5.41) is 5.07. The minimum Gasteiger partial charge on any atom is -0.260 e. The van der Waals surface area contributed by atoms with Gasteiger partial charge in [0, 0.05) is 24.8 Å². The van der Waals surface area contributed by atoms with E-state index in [2.05, 4.69) is 49.8 Å². The molecule has 0 bridgehead atoms. The van der Waals surface area contributed by atoms with Crippen LogP contribution in [0.2, 0.25) is 0 Å². The third-order valence-corrected chi connectivity index (χ3v) is 6.52. The van der Waals surface area contributed by atoms with Gasteiger partial charge in [0.15, 0.2) is 11.6 Å². The maximum atomic E-state index is 5.07. The second-order valence-corrected chi connectivity index (χ2v) is 8.75. The summed E-state index contributed by atoms with van der Waals surface area (Å²) in [5.74, 6) is 0. The number of hydrogen-bond acceptors (Lipinski definition) is 5. The van der Waals surface area contributed by atoms with Crippen molar-refractivity contribution in [2.75, 3.05) is 0 Å². The molecule has 0 aliphatic rings. The summed E-state index contributed by atoms with van der Waals surface area (Å²) in [5.41, 5.74) is 4.76. The Labute approximate surface area is 208 Å². The number of hydrogen-bond donors (Lipinski definition) is 0. The second kappa shape index (κ2) is 9.11. The Balaban J connectivity index is 1.50. The lowest BCUT2D eigenvalue weighted by molar-refractivity contribution is -0.704. The van der Waals surface area contributed by atoms with Crippen LogP contribution in [0.25, 0.3) is 5.52 Å². The molecular formula is C29H24N7+. The van der Waals surface area contributed by atoms with Gasteiger partial charge in [0.05, 0.1) is 28.2 Å². The van der Waals surface area contributed by atoms with E-state index in [1.807, 2.05) is 108 Å². The minimum absolute atomic E-state index is 0.185. The Morgan fingerprint density at radius 2 is 1.19 bits per heavy atom. The van der Waals surface area contributed by atoms with Crippen molar-refractivity contribution in [3.05, 3.63) is 151 Å². The molecule has 0 atom stereocenters. The summed E-state index contributed by atoms with van der Waals surface area (Å²) in [7, 11) is 0. The zero-order valence-electron chi connectivity index (χ0n) is 19.8. The molecule has 0 radical (unpaired) electrons. The fraction of sp³-hybridized carbons (Fsp3) is 0.103. The highest BCUT2D eigenvalue weighted by Gasteiger charge is 2.37. The van der Waals surface area contributed by atoms with Gasteiger partial charge in [-0.2, -0.15) is 0 Å². The van der Waals surface area contributed by atoms with Gasteiger partial charge in [-0.25, -0.2) is 4.57 Å². The molecule has 6 rings (SSSR count). The number of rotatable bonds is 6. The molecule has 0 amide bonds. The molecule has 0 fully saturated rings. The highest BCUT2D eigenvalue weighted by atomic mass is 15.3. The van der Waals surface area contributed by atoms with Crippen LogP contribution in [0, 0.1) is 0 Å². The molecule has 6 aromatic heterocycles. The Morgan fingerprint density at radius 3 is 1.69 bits per heavy atom. The summed E-state index contributed by atoms with van der Waals surface area (Å²) in [6.45, 7) is 2.12. The molecule has 0 aliphatic heterocycles. The fourth-order valence-electron chi connectivity index (χ4n) is 4.61. The number of pyridine rings is 4. The van der Waals surface area contributed by atoms with Crippen LogP contribution in [-0.4, -0.2) is 29.5 Å². The van der Waals surface area contributed by atoms with Crippen molar-refractivity contribution in [2.24, 2.45) is 0 Å². The predicted octanol–water partition coefficient (Wildman–Crippen LogP) is 4.19. The number of nitrogens with zero attached hydrogens (tertiary/aromatic N) is 7. The molecule has 0 aliphatic carbocycles. The van der Waals surface area contributed by atoms with Gasteiger partial charge in [0.25, 0.3) is 6.33 Å². The summed E-state index contributed by atoms with van der Waals surface area (Å²) in [6.07, 6.45) is 11.3. The van der Waals surface area contributed by atoms with Crippen molar-refractivity contribution in [1.82, 2.24) is 29.5 Å². The maximum absolute atomic E-state index is 5.07. The zero-order valence-corrected chi connectivity index (χ0v) is 19.8. The molecular weight excluding hydrogens is 446 g/mol. The third kappa shape index (κ3) is 3.80. The van der Waals surface area contributed by atoms with Crippen molar-refractivity contribution >= 4 is 5.52 Å². The molecule has 0 saturated heterocycles. The monoisotopic (exact) mass is 470 g/mol. The highest BCUT2D eigenvalue weighted by Crippen LogP contribution is 2.35. The van der Waals surface area contributed by atoms with E-state index >= 15 is 0 Å². The Bertz CT molecular complexity index is 1510. The van der Waals surface area contributed by atoms with Gasteiger partial charge in [-0.15, -0.1) is 4.52 Å². The quantitative estimate of drug-likeness (QED) is 0.341. The molecule has 0 N–H and O–H groups in total. The molecule has 36 heavy (non-hydrogen) atoms. The van der Waals surface area contributed by atoms with E-state index in [0.717, 1.165) is 34.0 Å². The van der Waals surface area contributed by atoms with Crippen LogP contribution >= 0.6 is 0 Å². The summed E-state index contributed by atoms with van der Waals surface area (Å²) >= 11 is 0. The van der Waals surface area contributed by atoms with E-state index in [4.69, 9.17) is 5.10 Å². The smallest absolute Gasteiger partial charge is 0.260 e. The molecule has 174 valence electrons. The van der Waals surface area contributed by atoms with E-state index < -0.39 is 5.41 Å². The summed E-state index contributed by atoms with van der Waals surface area (Å²) in [6, 6.07) is 27.7. The largest absolute Gasteiger partial charge is 0.271 e. The molecule has 6 aromatic rings. The molecule has 7 heteroatoms. The number of aromatic nitrogens is 7. The van der Waals surface area contributed by atoms with Crippen molar-refractivity contribution in [1.29, 1.82) is 0 Å². The molecule has 0 aromatic carbocycles. The van der Waals surface area contributed by atoms with Crippen LogP contribution in [-0.2, 0) is 5.41 Å². The lowest BCUT2D eigenvalue weighted by atomic mass is 9.79. The van der Waals surface area contributed by atoms with Gasteiger partial charge >= 0.3 is 0 Å². The first kappa shape index (κ1) is 21.7. The van der Waals surface area contributed by atoms with E-state index in [-0.39, 0.29) is 6.04 Å². The van der Waals surface area contributed by atoms with Crippen LogP contribution in [0.15, 0.2) is 122 Å². The van der Waals surface area contributed by atoms with E-state index in [0.29, 0.717) is 0 Å². The van der Waals surface area contributed by atoms with E-state index in [1.54, 1.807) is 0 Å². The Kier molecular flexibility index (Phi) is 5.50. The Morgan fingerprint density at radius 1 is 0.639 bits per heavy atom. The second-order valence-electron chi connectivity index (χ2n) is 8.75. The van der Waals surface area contributed by atoms with Gasteiger partial charge in [-0.1, -0.05) is 29.4 Å².